The second-order valence-electron chi connectivity index (χ2n) is 8.36. The number of hydrogen-bond donors (Lipinski definition) is 3. The summed E-state index contributed by atoms with van der Waals surface area (Å²) in [6.07, 6.45) is 4.57. The van der Waals surface area contributed by atoms with Gasteiger partial charge in [-0.1, -0.05) is 0 Å². The van der Waals surface area contributed by atoms with Gasteiger partial charge in [0.25, 0.3) is 0 Å². The number of nitrogens with two attached hydrogens (primary N) is 1. The highest BCUT2D eigenvalue weighted by Gasteiger charge is 2.49. The number of nitriles is 1. The van der Waals surface area contributed by atoms with E-state index in [1.165, 1.54) is 10.6 Å². The van der Waals surface area contributed by atoms with Crippen LogP contribution >= 0.6 is 0 Å². The maximum atomic E-state index is 11.9. The van der Waals surface area contributed by atoms with Crippen LogP contribution in [0.2, 0.25) is 0 Å². The number of nitrogens with zero attached hydrogens (tertiary/aromatic N) is 6. The topological polar surface area (TPSA) is 155 Å². The van der Waals surface area contributed by atoms with Gasteiger partial charge in [0.2, 0.25) is 10.0 Å². The Morgan fingerprint density at radius 1 is 1.38 bits per heavy atom. The van der Waals surface area contributed by atoms with E-state index in [4.69, 9.17) is 15.8 Å². The molecule has 11 nitrogen and oxygen atoms in total. The van der Waals surface area contributed by atoms with E-state index >= 15 is 0 Å². The third kappa shape index (κ3) is 3.44. The van der Waals surface area contributed by atoms with Crippen LogP contribution in [0, 0.1) is 11.3 Å². The molecule has 5 rings (SSSR count). The van der Waals surface area contributed by atoms with Crippen LogP contribution in [0.5, 0.6) is 0 Å². The first kappa shape index (κ1) is 20.9. The molecule has 0 radical (unpaired) electrons. The van der Waals surface area contributed by atoms with Gasteiger partial charge in [-0.3, -0.25) is 15.1 Å². The number of fused-ring (bicyclic) bond motifs is 1. The molecule has 0 aliphatic carbocycles. The number of aromatic nitrogens is 4. The maximum absolute atomic E-state index is 11.9. The minimum Gasteiger partial charge on any atom is -0.314 e. The first-order valence-electron chi connectivity index (χ1n) is 10.2. The van der Waals surface area contributed by atoms with Gasteiger partial charge >= 0.3 is 0 Å². The number of hydrogen-bond acceptors (Lipinski definition) is 9. The molecule has 3 aromatic rings. The molecule has 3 aromatic heterocycles. The van der Waals surface area contributed by atoms with Crippen molar-refractivity contribution >= 4 is 20.9 Å². The van der Waals surface area contributed by atoms with Gasteiger partial charge in [0.1, 0.15) is 16.9 Å². The van der Waals surface area contributed by atoms with Crippen LogP contribution in [0.25, 0.3) is 22.3 Å². The lowest BCUT2D eigenvalue weighted by atomic mass is 9.89. The predicted molar refractivity (Wildman–Crippen MR) is 117 cm³/mol. The standard InChI is InChI=1S/C20H23N9O2S/c1-32(30,31)28-11-20(12-28,5-6-21)29-8-4-15(27-29)18-13-3-2-7-23-16(13)9-17(25-18)14-10-24-26-19(14)22/h2-4,7-9,14,19,24,26H,5,10-12,22H2,1H3. The van der Waals surface area contributed by atoms with Crippen molar-refractivity contribution in [2.45, 2.75) is 24.0 Å². The van der Waals surface area contributed by atoms with E-state index in [1.54, 1.807) is 17.1 Å². The summed E-state index contributed by atoms with van der Waals surface area (Å²) in [4.78, 5) is 9.40. The van der Waals surface area contributed by atoms with Gasteiger partial charge in [-0.15, -0.1) is 0 Å². The van der Waals surface area contributed by atoms with Crippen LogP contribution in [0.1, 0.15) is 18.0 Å². The summed E-state index contributed by atoms with van der Waals surface area (Å²) < 4.78 is 26.8. The molecule has 2 fully saturated rings. The minimum absolute atomic E-state index is 0.0258. The van der Waals surface area contributed by atoms with Crippen molar-refractivity contribution in [3.63, 3.8) is 0 Å². The Bertz CT molecular complexity index is 1320. The molecule has 166 valence electrons. The molecule has 5 heterocycles. The fraction of sp³-hybridized carbons (Fsp3) is 0.400. The third-order valence-corrected chi connectivity index (χ3v) is 7.36. The van der Waals surface area contributed by atoms with Gasteiger partial charge in [0.05, 0.1) is 36.1 Å². The average Bonchev–Trinajstić information content (AvgIpc) is 3.38. The molecule has 2 aliphatic heterocycles. The summed E-state index contributed by atoms with van der Waals surface area (Å²) in [6, 6.07) is 9.75. The zero-order chi connectivity index (χ0) is 22.5. The van der Waals surface area contributed by atoms with E-state index in [0.29, 0.717) is 17.9 Å². The maximum Gasteiger partial charge on any atom is 0.211 e. The molecule has 2 atom stereocenters. The average molecular weight is 454 g/mol. The van der Waals surface area contributed by atoms with Crippen LogP contribution in [0.15, 0.2) is 36.7 Å². The van der Waals surface area contributed by atoms with E-state index < -0.39 is 15.6 Å². The molecule has 0 spiro atoms. The number of sulfonamides is 1. The molecule has 0 bridgehead atoms. The molecule has 0 aromatic carbocycles. The van der Waals surface area contributed by atoms with Crippen molar-refractivity contribution in [2.75, 3.05) is 25.9 Å². The summed E-state index contributed by atoms with van der Waals surface area (Å²) in [5.41, 5.74) is 14.5. The second-order valence-corrected chi connectivity index (χ2v) is 10.3. The van der Waals surface area contributed by atoms with Gasteiger partial charge in [0.15, 0.2) is 0 Å². The predicted octanol–water partition coefficient (Wildman–Crippen LogP) is -0.146. The van der Waals surface area contributed by atoms with E-state index in [-0.39, 0.29) is 31.6 Å². The molecular formula is C20H23N9O2S. The van der Waals surface area contributed by atoms with Gasteiger partial charge in [-0.05, 0) is 24.3 Å². The van der Waals surface area contributed by atoms with E-state index in [9.17, 15) is 13.7 Å². The Labute approximate surface area is 185 Å². The number of pyridine rings is 2. The van der Waals surface area contributed by atoms with Crippen molar-refractivity contribution in [1.29, 1.82) is 5.26 Å². The Hall–Kier alpha value is -2.95. The fourth-order valence-corrected chi connectivity index (χ4v) is 5.28. The zero-order valence-corrected chi connectivity index (χ0v) is 18.2. The summed E-state index contributed by atoms with van der Waals surface area (Å²) in [6.45, 7) is 1.07. The van der Waals surface area contributed by atoms with E-state index in [1.807, 2.05) is 24.3 Å². The van der Waals surface area contributed by atoms with Crippen molar-refractivity contribution in [2.24, 2.45) is 5.73 Å². The molecule has 0 amide bonds. The lowest BCUT2D eigenvalue weighted by Crippen LogP contribution is -2.63. The highest BCUT2D eigenvalue weighted by atomic mass is 32.2. The highest BCUT2D eigenvalue weighted by Crippen LogP contribution is 2.35. The number of rotatable bonds is 5. The lowest BCUT2D eigenvalue weighted by Gasteiger charge is -2.47. The molecule has 2 saturated heterocycles. The van der Waals surface area contributed by atoms with Crippen LogP contribution < -0.4 is 16.6 Å². The molecule has 32 heavy (non-hydrogen) atoms. The smallest absolute Gasteiger partial charge is 0.211 e. The van der Waals surface area contributed by atoms with Crippen LogP contribution in [-0.4, -0.2) is 64.5 Å². The monoisotopic (exact) mass is 453 g/mol. The Balaban J connectivity index is 1.56. The minimum atomic E-state index is -3.32. The largest absolute Gasteiger partial charge is 0.314 e. The quantitative estimate of drug-likeness (QED) is 0.478. The van der Waals surface area contributed by atoms with Gasteiger partial charge in [-0.25, -0.2) is 18.8 Å². The summed E-state index contributed by atoms with van der Waals surface area (Å²) >= 11 is 0. The van der Waals surface area contributed by atoms with E-state index in [0.717, 1.165) is 16.6 Å². The Kier molecular flexibility index (Phi) is 4.95. The van der Waals surface area contributed by atoms with Crippen molar-refractivity contribution in [1.82, 2.24) is 34.9 Å². The summed E-state index contributed by atoms with van der Waals surface area (Å²) in [5.74, 6) is -0.0258. The van der Waals surface area contributed by atoms with Gasteiger partial charge < -0.3 is 5.73 Å². The van der Waals surface area contributed by atoms with Gasteiger partial charge in [-0.2, -0.15) is 14.7 Å². The van der Waals surface area contributed by atoms with Crippen molar-refractivity contribution < 1.29 is 8.42 Å². The molecule has 0 saturated carbocycles. The molecular weight excluding hydrogens is 430 g/mol. The third-order valence-electron chi connectivity index (χ3n) is 6.16. The molecule has 4 N–H and O–H groups in total. The first-order valence-corrected chi connectivity index (χ1v) is 12.0. The van der Waals surface area contributed by atoms with Crippen LogP contribution in [0.3, 0.4) is 0 Å². The van der Waals surface area contributed by atoms with Crippen molar-refractivity contribution in [3.05, 3.63) is 42.4 Å². The fourth-order valence-electron chi connectivity index (χ4n) is 4.33. The highest BCUT2D eigenvalue weighted by molar-refractivity contribution is 7.88. The van der Waals surface area contributed by atoms with Crippen LogP contribution in [0.4, 0.5) is 0 Å². The Morgan fingerprint density at radius 3 is 2.88 bits per heavy atom. The summed E-state index contributed by atoms with van der Waals surface area (Å²) in [5, 5.41) is 15.0. The number of hydrazine groups is 1. The van der Waals surface area contributed by atoms with E-state index in [2.05, 4.69) is 21.9 Å². The first-order chi connectivity index (χ1) is 15.3. The molecule has 12 heteroatoms. The lowest BCUT2D eigenvalue weighted by molar-refractivity contribution is 0.0726. The molecule has 2 aliphatic rings. The SMILES string of the molecule is CS(=O)(=O)N1CC(CC#N)(n2ccc(-c3nc(C4CNNC4N)cc4ncccc34)n2)C1. The van der Waals surface area contributed by atoms with Gasteiger partial charge in [0, 0.05) is 43.3 Å². The Morgan fingerprint density at radius 2 is 2.19 bits per heavy atom. The second kappa shape index (κ2) is 7.58. The number of nitrogens with one attached hydrogen (secondary N) is 2. The summed E-state index contributed by atoms with van der Waals surface area (Å²) in [7, 11) is -3.32. The van der Waals surface area contributed by atoms with Crippen LogP contribution in [-0.2, 0) is 15.6 Å². The normalized spacial score (nSPS) is 23.2. The molecule has 2 unspecified atom stereocenters. The van der Waals surface area contributed by atoms with Crippen molar-refractivity contribution in [3.8, 4) is 17.5 Å². The zero-order valence-electron chi connectivity index (χ0n) is 17.4.